The van der Waals surface area contributed by atoms with E-state index in [1.807, 2.05) is 6.07 Å². The molecule has 0 saturated heterocycles. The molecule has 20 heavy (non-hydrogen) atoms. The summed E-state index contributed by atoms with van der Waals surface area (Å²) in [6.07, 6.45) is 0. The van der Waals surface area contributed by atoms with E-state index >= 15 is 0 Å². The van der Waals surface area contributed by atoms with Crippen LogP contribution in [-0.4, -0.2) is 7.11 Å². The minimum Gasteiger partial charge on any atom is -0.380 e. The molecule has 2 aromatic rings. The predicted molar refractivity (Wildman–Crippen MR) is 86.6 cm³/mol. The molecule has 3 heteroatoms. The van der Waals surface area contributed by atoms with Crippen LogP contribution in [-0.2, 0) is 17.9 Å². The lowest BCUT2D eigenvalue weighted by Crippen LogP contribution is -2.18. The molecule has 1 atom stereocenters. The smallest absolute Gasteiger partial charge is 0.0713 e. The van der Waals surface area contributed by atoms with Crippen molar-refractivity contribution in [2.45, 2.75) is 26.1 Å². The first-order chi connectivity index (χ1) is 9.70. The van der Waals surface area contributed by atoms with Crippen molar-refractivity contribution < 1.29 is 4.74 Å². The Morgan fingerprint density at radius 3 is 2.35 bits per heavy atom. The molecule has 0 aliphatic heterocycles. The van der Waals surface area contributed by atoms with Gasteiger partial charge in [-0.15, -0.1) is 0 Å². The number of rotatable bonds is 6. The molecule has 1 N–H and O–H groups in total. The molecule has 0 radical (unpaired) electrons. The first-order valence-electron chi connectivity index (χ1n) is 6.75. The molecule has 0 heterocycles. The van der Waals surface area contributed by atoms with Gasteiger partial charge in [0.2, 0.25) is 0 Å². The van der Waals surface area contributed by atoms with Crippen LogP contribution in [0.5, 0.6) is 0 Å². The second kappa shape index (κ2) is 7.58. The van der Waals surface area contributed by atoms with E-state index in [1.54, 1.807) is 7.11 Å². The quantitative estimate of drug-likeness (QED) is 0.843. The van der Waals surface area contributed by atoms with Crippen LogP contribution in [0.3, 0.4) is 0 Å². The van der Waals surface area contributed by atoms with E-state index in [2.05, 4.69) is 70.6 Å². The highest BCUT2D eigenvalue weighted by Crippen LogP contribution is 2.23. The van der Waals surface area contributed by atoms with E-state index in [1.165, 1.54) is 16.7 Å². The van der Waals surface area contributed by atoms with Crippen LogP contribution in [0.1, 0.15) is 29.7 Å². The number of hydrogen-bond donors (Lipinski definition) is 1. The van der Waals surface area contributed by atoms with Gasteiger partial charge < -0.3 is 10.1 Å². The van der Waals surface area contributed by atoms with E-state index < -0.39 is 0 Å². The van der Waals surface area contributed by atoms with Gasteiger partial charge in [0.05, 0.1) is 6.61 Å². The van der Waals surface area contributed by atoms with Gasteiger partial charge in [0, 0.05) is 24.2 Å². The van der Waals surface area contributed by atoms with E-state index in [4.69, 9.17) is 4.74 Å². The lowest BCUT2D eigenvalue weighted by molar-refractivity contribution is 0.185. The second-order valence-corrected chi connectivity index (χ2v) is 5.73. The Morgan fingerprint density at radius 1 is 1.05 bits per heavy atom. The van der Waals surface area contributed by atoms with Crippen molar-refractivity contribution >= 4 is 15.9 Å². The van der Waals surface area contributed by atoms with Gasteiger partial charge in [0.1, 0.15) is 0 Å². The first-order valence-corrected chi connectivity index (χ1v) is 7.54. The molecule has 2 aromatic carbocycles. The Kier molecular flexibility index (Phi) is 5.77. The van der Waals surface area contributed by atoms with Gasteiger partial charge in [-0.3, -0.25) is 0 Å². The lowest BCUT2D eigenvalue weighted by atomic mass is 10.1. The van der Waals surface area contributed by atoms with Crippen molar-refractivity contribution in [3.63, 3.8) is 0 Å². The highest BCUT2D eigenvalue weighted by molar-refractivity contribution is 9.10. The van der Waals surface area contributed by atoms with Crippen molar-refractivity contribution in [3.05, 3.63) is 69.7 Å². The topological polar surface area (TPSA) is 21.3 Å². The maximum atomic E-state index is 5.12. The molecule has 106 valence electrons. The summed E-state index contributed by atoms with van der Waals surface area (Å²) in [5.74, 6) is 0. The molecule has 0 amide bonds. The van der Waals surface area contributed by atoms with Crippen LogP contribution in [0.4, 0.5) is 0 Å². The van der Waals surface area contributed by atoms with Gasteiger partial charge in [0.25, 0.3) is 0 Å². The van der Waals surface area contributed by atoms with Crippen LogP contribution in [0, 0.1) is 0 Å². The molecule has 0 saturated carbocycles. The molecule has 0 aromatic heterocycles. The molecule has 2 nitrogen and oxygen atoms in total. The van der Waals surface area contributed by atoms with E-state index in [9.17, 15) is 0 Å². The monoisotopic (exact) mass is 333 g/mol. The number of halogens is 1. The number of methoxy groups -OCH3 is 1. The fourth-order valence-electron chi connectivity index (χ4n) is 2.13. The Hall–Kier alpha value is -1.16. The number of nitrogens with one attached hydrogen (secondary N) is 1. The van der Waals surface area contributed by atoms with Crippen LogP contribution >= 0.6 is 15.9 Å². The average Bonchev–Trinajstić information content (AvgIpc) is 2.47. The zero-order valence-corrected chi connectivity index (χ0v) is 13.5. The van der Waals surface area contributed by atoms with Gasteiger partial charge >= 0.3 is 0 Å². The maximum absolute atomic E-state index is 5.12. The summed E-state index contributed by atoms with van der Waals surface area (Å²) in [7, 11) is 1.72. The Labute approximate surface area is 129 Å². The maximum Gasteiger partial charge on any atom is 0.0713 e. The van der Waals surface area contributed by atoms with Gasteiger partial charge in [-0.05, 0) is 29.7 Å². The zero-order valence-electron chi connectivity index (χ0n) is 11.9. The summed E-state index contributed by atoms with van der Waals surface area (Å²) in [4.78, 5) is 0. The summed E-state index contributed by atoms with van der Waals surface area (Å²) >= 11 is 3.60. The van der Waals surface area contributed by atoms with Gasteiger partial charge in [-0.1, -0.05) is 58.4 Å². The third kappa shape index (κ3) is 4.17. The van der Waals surface area contributed by atoms with Crippen molar-refractivity contribution in [1.29, 1.82) is 0 Å². The summed E-state index contributed by atoms with van der Waals surface area (Å²) in [5, 5.41) is 3.55. The Balaban J connectivity index is 1.93. The lowest BCUT2D eigenvalue weighted by Gasteiger charge is -2.16. The van der Waals surface area contributed by atoms with Crippen LogP contribution < -0.4 is 5.32 Å². The van der Waals surface area contributed by atoms with E-state index in [-0.39, 0.29) is 0 Å². The van der Waals surface area contributed by atoms with Gasteiger partial charge in [-0.25, -0.2) is 0 Å². The van der Waals surface area contributed by atoms with Crippen molar-refractivity contribution in [1.82, 2.24) is 5.32 Å². The van der Waals surface area contributed by atoms with Gasteiger partial charge in [-0.2, -0.15) is 0 Å². The van der Waals surface area contributed by atoms with Crippen molar-refractivity contribution in [2.75, 3.05) is 7.11 Å². The van der Waals surface area contributed by atoms with Crippen molar-refractivity contribution in [3.8, 4) is 0 Å². The fourth-order valence-corrected chi connectivity index (χ4v) is 2.76. The van der Waals surface area contributed by atoms with Crippen LogP contribution in [0.2, 0.25) is 0 Å². The fraction of sp³-hybridized carbons (Fsp3) is 0.294. The molecule has 0 bridgehead atoms. The molecule has 0 aliphatic carbocycles. The van der Waals surface area contributed by atoms with Crippen LogP contribution in [0.15, 0.2) is 53.0 Å². The van der Waals surface area contributed by atoms with E-state index in [0.717, 1.165) is 11.0 Å². The molecule has 1 unspecified atom stereocenters. The van der Waals surface area contributed by atoms with Crippen molar-refractivity contribution in [2.24, 2.45) is 0 Å². The minimum atomic E-state index is 0.309. The molecule has 0 fully saturated rings. The van der Waals surface area contributed by atoms with E-state index in [0.29, 0.717) is 12.6 Å². The number of hydrogen-bond acceptors (Lipinski definition) is 2. The largest absolute Gasteiger partial charge is 0.380 e. The SMILES string of the molecule is COCc1ccc(CNC(C)c2ccccc2Br)cc1. The number of ether oxygens (including phenoxy) is 1. The normalized spacial score (nSPS) is 12.3. The molecule has 2 rings (SSSR count). The first kappa shape index (κ1) is 15.2. The third-order valence-electron chi connectivity index (χ3n) is 3.32. The molecular formula is C17H20BrNO. The Morgan fingerprint density at radius 2 is 1.70 bits per heavy atom. The van der Waals surface area contributed by atoms with Crippen LogP contribution in [0.25, 0.3) is 0 Å². The highest BCUT2D eigenvalue weighted by Gasteiger charge is 2.07. The Bertz CT molecular complexity index is 539. The summed E-state index contributed by atoms with van der Waals surface area (Å²) in [6.45, 7) is 3.70. The summed E-state index contributed by atoms with van der Waals surface area (Å²) in [6, 6.07) is 17.2. The molecule has 0 spiro atoms. The average molecular weight is 334 g/mol. The number of benzene rings is 2. The second-order valence-electron chi connectivity index (χ2n) is 4.87. The minimum absolute atomic E-state index is 0.309. The molecule has 0 aliphatic rings. The third-order valence-corrected chi connectivity index (χ3v) is 4.04. The summed E-state index contributed by atoms with van der Waals surface area (Å²) in [5.41, 5.74) is 3.77. The standard InChI is InChI=1S/C17H20BrNO/c1-13(16-5-3-4-6-17(16)18)19-11-14-7-9-15(10-8-14)12-20-2/h3-10,13,19H,11-12H2,1-2H3. The van der Waals surface area contributed by atoms with Gasteiger partial charge in [0.15, 0.2) is 0 Å². The highest BCUT2D eigenvalue weighted by atomic mass is 79.9. The predicted octanol–water partition coefficient (Wildman–Crippen LogP) is 4.45. The molecular weight excluding hydrogens is 314 g/mol. The summed E-state index contributed by atoms with van der Waals surface area (Å²) < 4.78 is 6.26. The zero-order chi connectivity index (χ0) is 14.4.